The SMILES string of the molecule is CCNC(=NCc1ccc(OC)cc1OC)N1CCCC(C)C1. The molecule has 5 nitrogen and oxygen atoms in total. The predicted molar refractivity (Wildman–Crippen MR) is 94.3 cm³/mol. The molecule has 1 aliphatic heterocycles. The molecule has 1 fully saturated rings. The Kier molecular flexibility index (Phi) is 6.56. The summed E-state index contributed by atoms with van der Waals surface area (Å²) in [6.07, 6.45) is 2.54. The van der Waals surface area contributed by atoms with Crippen LogP contribution in [0.3, 0.4) is 0 Å². The van der Waals surface area contributed by atoms with Crippen molar-refractivity contribution in [1.82, 2.24) is 10.2 Å². The Labute approximate surface area is 139 Å². The van der Waals surface area contributed by atoms with Gasteiger partial charge in [-0.15, -0.1) is 0 Å². The second kappa shape index (κ2) is 8.65. The first kappa shape index (κ1) is 17.4. The molecule has 1 aliphatic rings. The number of nitrogens with zero attached hydrogens (tertiary/aromatic N) is 2. The van der Waals surface area contributed by atoms with E-state index in [1.807, 2.05) is 18.2 Å². The molecule has 1 N–H and O–H groups in total. The zero-order valence-corrected chi connectivity index (χ0v) is 14.8. The lowest BCUT2D eigenvalue weighted by atomic mass is 10.0. The molecule has 1 heterocycles. The van der Waals surface area contributed by atoms with Crippen LogP contribution in [0.25, 0.3) is 0 Å². The van der Waals surface area contributed by atoms with E-state index in [0.29, 0.717) is 6.54 Å². The van der Waals surface area contributed by atoms with Crippen molar-refractivity contribution >= 4 is 5.96 Å². The number of guanidine groups is 1. The van der Waals surface area contributed by atoms with Crippen molar-refractivity contribution in [3.8, 4) is 11.5 Å². The van der Waals surface area contributed by atoms with Crippen LogP contribution in [0.15, 0.2) is 23.2 Å². The minimum absolute atomic E-state index is 0.598. The van der Waals surface area contributed by atoms with Gasteiger partial charge in [0.2, 0.25) is 0 Å². The number of benzene rings is 1. The zero-order chi connectivity index (χ0) is 16.7. The number of ether oxygens (including phenoxy) is 2. The third-order valence-corrected chi connectivity index (χ3v) is 4.18. The van der Waals surface area contributed by atoms with Gasteiger partial charge in [0.15, 0.2) is 5.96 Å². The van der Waals surface area contributed by atoms with Crippen LogP contribution in [0.4, 0.5) is 0 Å². The molecule has 0 aromatic heterocycles. The maximum Gasteiger partial charge on any atom is 0.194 e. The Hall–Kier alpha value is -1.91. The van der Waals surface area contributed by atoms with E-state index in [4.69, 9.17) is 14.5 Å². The first-order valence-corrected chi connectivity index (χ1v) is 8.42. The molecule has 0 radical (unpaired) electrons. The normalized spacial score (nSPS) is 18.7. The van der Waals surface area contributed by atoms with E-state index in [-0.39, 0.29) is 0 Å². The third kappa shape index (κ3) is 4.78. The van der Waals surface area contributed by atoms with Gasteiger partial charge < -0.3 is 19.7 Å². The van der Waals surface area contributed by atoms with Crippen LogP contribution in [0.2, 0.25) is 0 Å². The van der Waals surface area contributed by atoms with E-state index in [0.717, 1.165) is 48.6 Å². The van der Waals surface area contributed by atoms with Crippen molar-refractivity contribution in [1.29, 1.82) is 0 Å². The number of aliphatic imine (C=N–C) groups is 1. The van der Waals surface area contributed by atoms with Crippen LogP contribution >= 0.6 is 0 Å². The van der Waals surface area contributed by atoms with E-state index in [9.17, 15) is 0 Å². The van der Waals surface area contributed by atoms with Crippen molar-refractivity contribution in [2.45, 2.75) is 33.2 Å². The van der Waals surface area contributed by atoms with Gasteiger partial charge in [0.1, 0.15) is 11.5 Å². The molecule has 0 spiro atoms. The summed E-state index contributed by atoms with van der Waals surface area (Å²) in [6.45, 7) is 8.05. The Bertz CT molecular complexity index is 531. The Morgan fingerprint density at radius 1 is 1.35 bits per heavy atom. The van der Waals surface area contributed by atoms with Gasteiger partial charge in [0.25, 0.3) is 0 Å². The van der Waals surface area contributed by atoms with Crippen molar-refractivity contribution < 1.29 is 9.47 Å². The van der Waals surface area contributed by atoms with Crippen LogP contribution in [0, 0.1) is 5.92 Å². The fourth-order valence-corrected chi connectivity index (χ4v) is 2.95. The van der Waals surface area contributed by atoms with E-state index < -0.39 is 0 Å². The minimum atomic E-state index is 0.598. The van der Waals surface area contributed by atoms with Crippen molar-refractivity contribution in [3.63, 3.8) is 0 Å². The largest absolute Gasteiger partial charge is 0.497 e. The molecule has 128 valence electrons. The first-order valence-electron chi connectivity index (χ1n) is 8.42. The molecule has 0 aliphatic carbocycles. The molecule has 1 aromatic rings. The Morgan fingerprint density at radius 3 is 2.83 bits per heavy atom. The molecular formula is C18H29N3O2. The number of hydrogen-bond donors (Lipinski definition) is 1. The van der Waals surface area contributed by atoms with Gasteiger partial charge in [-0.25, -0.2) is 4.99 Å². The lowest BCUT2D eigenvalue weighted by molar-refractivity contribution is 0.266. The van der Waals surface area contributed by atoms with E-state index >= 15 is 0 Å². The predicted octanol–water partition coefficient (Wildman–Crippen LogP) is 2.90. The van der Waals surface area contributed by atoms with E-state index in [2.05, 4.69) is 24.1 Å². The maximum absolute atomic E-state index is 5.46. The summed E-state index contributed by atoms with van der Waals surface area (Å²) in [5.74, 6) is 3.34. The van der Waals surface area contributed by atoms with Gasteiger partial charge >= 0.3 is 0 Å². The Balaban J connectivity index is 2.13. The van der Waals surface area contributed by atoms with Gasteiger partial charge in [-0.3, -0.25) is 0 Å². The van der Waals surface area contributed by atoms with Crippen LogP contribution < -0.4 is 14.8 Å². The lowest BCUT2D eigenvalue weighted by Gasteiger charge is -2.33. The van der Waals surface area contributed by atoms with Crippen molar-refractivity contribution in [3.05, 3.63) is 23.8 Å². The van der Waals surface area contributed by atoms with Gasteiger partial charge in [0, 0.05) is 31.3 Å². The molecule has 1 aromatic carbocycles. The molecule has 23 heavy (non-hydrogen) atoms. The van der Waals surface area contributed by atoms with Crippen LogP contribution in [-0.4, -0.2) is 44.7 Å². The van der Waals surface area contributed by atoms with E-state index in [1.165, 1.54) is 12.8 Å². The lowest BCUT2D eigenvalue weighted by Crippen LogP contribution is -2.46. The Morgan fingerprint density at radius 2 is 2.17 bits per heavy atom. The fourth-order valence-electron chi connectivity index (χ4n) is 2.95. The molecule has 2 rings (SSSR count). The smallest absolute Gasteiger partial charge is 0.194 e. The van der Waals surface area contributed by atoms with Crippen LogP contribution in [-0.2, 0) is 6.54 Å². The highest BCUT2D eigenvalue weighted by Crippen LogP contribution is 2.25. The number of methoxy groups -OCH3 is 2. The highest BCUT2D eigenvalue weighted by atomic mass is 16.5. The number of rotatable bonds is 5. The van der Waals surface area contributed by atoms with E-state index in [1.54, 1.807) is 14.2 Å². The number of piperidine rings is 1. The molecule has 1 atom stereocenters. The maximum atomic E-state index is 5.46. The van der Waals surface area contributed by atoms with Crippen LogP contribution in [0.1, 0.15) is 32.3 Å². The van der Waals surface area contributed by atoms with Crippen molar-refractivity contribution in [2.75, 3.05) is 33.9 Å². The number of hydrogen-bond acceptors (Lipinski definition) is 3. The molecule has 0 saturated carbocycles. The number of likely N-dealkylation sites (tertiary alicyclic amines) is 1. The second-order valence-corrected chi connectivity index (χ2v) is 6.04. The number of nitrogens with one attached hydrogen (secondary N) is 1. The standard InChI is InChI=1S/C18H29N3O2/c1-5-19-18(21-10-6-7-14(2)13-21)20-12-15-8-9-16(22-3)11-17(15)23-4/h8-9,11,14H,5-7,10,12-13H2,1-4H3,(H,19,20). The van der Waals surface area contributed by atoms with Gasteiger partial charge in [-0.2, -0.15) is 0 Å². The molecule has 5 heteroatoms. The summed E-state index contributed by atoms with van der Waals surface area (Å²) in [7, 11) is 3.34. The molecule has 1 saturated heterocycles. The average molecular weight is 319 g/mol. The van der Waals surface area contributed by atoms with Crippen molar-refractivity contribution in [2.24, 2.45) is 10.9 Å². The summed E-state index contributed by atoms with van der Waals surface area (Å²) in [5, 5.41) is 3.41. The fraction of sp³-hybridized carbons (Fsp3) is 0.611. The average Bonchev–Trinajstić information content (AvgIpc) is 2.58. The highest BCUT2D eigenvalue weighted by Gasteiger charge is 2.19. The molecule has 0 amide bonds. The van der Waals surface area contributed by atoms with Gasteiger partial charge in [0.05, 0.1) is 20.8 Å². The first-order chi connectivity index (χ1) is 11.2. The summed E-state index contributed by atoms with van der Waals surface area (Å²) in [6, 6.07) is 5.87. The summed E-state index contributed by atoms with van der Waals surface area (Å²) < 4.78 is 10.7. The monoisotopic (exact) mass is 319 g/mol. The molecule has 1 unspecified atom stereocenters. The quantitative estimate of drug-likeness (QED) is 0.669. The molecule has 0 bridgehead atoms. The molecular weight excluding hydrogens is 290 g/mol. The second-order valence-electron chi connectivity index (χ2n) is 6.04. The zero-order valence-electron chi connectivity index (χ0n) is 14.8. The minimum Gasteiger partial charge on any atom is -0.497 e. The summed E-state index contributed by atoms with van der Waals surface area (Å²) in [5.41, 5.74) is 1.06. The van der Waals surface area contributed by atoms with Gasteiger partial charge in [-0.1, -0.05) is 6.92 Å². The topological polar surface area (TPSA) is 46.1 Å². The summed E-state index contributed by atoms with van der Waals surface area (Å²) >= 11 is 0. The highest BCUT2D eigenvalue weighted by molar-refractivity contribution is 5.80. The summed E-state index contributed by atoms with van der Waals surface area (Å²) in [4.78, 5) is 7.19. The third-order valence-electron chi connectivity index (χ3n) is 4.18. The van der Waals surface area contributed by atoms with Crippen LogP contribution in [0.5, 0.6) is 11.5 Å². The van der Waals surface area contributed by atoms with Gasteiger partial charge in [-0.05, 0) is 37.8 Å².